The van der Waals surface area contributed by atoms with E-state index in [0.717, 1.165) is 0 Å². The van der Waals surface area contributed by atoms with Crippen LogP contribution in [-0.4, -0.2) is 18.5 Å². The molecular formula is C6H10N2O2S. The second kappa shape index (κ2) is 3.15. The van der Waals surface area contributed by atoms with Crippen molar-refractivity contribution in [2.75, 3.05) is 0 Å². The fraction of sp³-hybridized carbons (Fsp3) is 0.500. The van der Waals surface area contributed by atoms with Gasteiger partial charge in [-0.1, -0.05) is 0 Å². The Balaban J connectivity index is 2.90. The van der Waals surface area contributed by atoms with Crippen molar-refractivity contribution in [3.05, 3.63) is 12.4 Å². The first-order valence-electron chi connectivity index (χ1n) is 3.26. The first-order chi connectivity index (χ1) is 5.11. The zero-order valence-corrected chi connectivity index (χ0v) is 7.21. The molecule has 5 heteroatoms. The van der Waals surface area contributed by atoms with E-state index in [1.54, 1.807) is 10.9 Å². The summed E-state index contributed by atoms with van der Waals surface area (Å²) in [6.45, 7) is 3.91. The summed E-state index contributed by atoms with van der Waals surface area (Å²) >= 11 is -1.91. The third-order valence-electron chi connectivity index (χ3n) is 1.31. The van der Waals surface area contributed by atoms with E-state index >= 15 is 0 Å². The molecule has 1 rings (SSSR count). The molecule has 0 fully saturated rings. The largest absolute Gasteiger partial charge is 0.302 e. The Labute approximate surface area is 67.5 Å². The van der Waals surface area contributed by atoms with Gasteiger partial charge in [0, 0.05) is 12.2 Å². The standard InChI is InChI=1S/C6H10N2O2S/c1-5(2)8-4-6(3-7-8)11(9)10/h3-5H,1-2H3,(H,9,10). The van der Waals surface area contributed by atoms with Crippen molar-refractivity contribution in [3.8, 4) is 0 Å². The molecule has 0 saturated heterocycles. The Kier molecular flexibility index (Phi) is 2.41. The number of rotatable bonds is 2. The van der Waals surface area contributed by atoms with Crippen LogP contribution in [0.1, 0.15) is 19.9 Å². The Morgan fingerprint density at radius 3 is 2.64 bits per heavy atom. The summed E-state index contributed by atoms with van der Waals surface area (Å²) in [6, 6.07) is 0.229. The van der Waals surface area contributed by atoms with Crippen molar-refractivity contribution >= 4 is 11.1 Å². The Morgan fingerprint density at radius 1 is 1.73 bits per heavy atom. The molecule has 0 aliphatic carbocycles. The van der Waals surface area contributed by atoms with Crippen LogP contribution in [0.4, 0.5) is 0 Å². The molecule has 0 aliphatic rings. The third kappa shape index (κ3) is 1.87. The molecular weight excluding hydrogens is 164 g/mol. The fourth-order valence-electron chi connectivity index (χ4n) is 0.693. The SMILES string of the molecule is CC(C)n1cc(S(=O)O)cn1. The van der Waals surface area contributed by atoms with Gasteiger partial charge < -0.3 is 4.55 Å². The lowest BCUT2D eigenvalue weighted by molar-refractivity contribution is 0.530. The molecule has 0 amide bonds. The highest BCUT2D eigenvalue weighted by Gasteiger charge is 2.04. The topological polar surface area (TPSA) is 55.1 Å². The Hall–Kier alpha value is -0.680. The van der Waals surface area contributed by atoms with E-state index in [0.29, 0.717) is 4.90 Å². The molecule has 0 radical (unpaired) electrons. The van der Waals surface area contributed by atoms with Gasteiger partial charge in [0.25, 0.3) is 0 Å². The summed E-state index contributed by atoms with van der Waals surface area (Å²) < 4.78 is 20.8. The average molecular weight is 174 g/mol. The normalized spacial score (nSPS) is 13.8. The first kappa shape index (κ1) is 8.42. The molecule has 0 aliphatic heterocycles. The number of hydrogen-bond acceptors (Lipinski definition) is 2. The molecule has 0 aromatic carbocycles. The van der Waals surface area contributed by atoms with Crippen LogP contribution in [0.15, 0.2) is 17.3 Å². The monoisotopic (exact) mass is 174 g/mol. The third-order valence-corrected chi connectivity index (χ3v) is 1.92. The number of nitrogens with zero attached hydrogens (tertiary/aromatic N) is 2. The molecule has 62 valence electrons. The van der Waals surface area contributed by atoms with E-state index < -0.39 is 11.1 Å². The summed E-state index contributed by atoms with van der Waals surface area (Å²) in [7, 11) is 0. The van der Waals surface area contributed by atoms with E-state index in [2.05, 4.69) is 5.10 Å². The van der Waals surface area contributed by atoms with Gasteiger partial charge in [-0.2, -0.15) is 5.10 Å². The maximum absolute atomic E-state index is 10.5. The van der Waals surface area contributed by atoms with Crippen LogP contribution in [0.2, 0.25) is 0 Å². The highest BCUT2D eigenvalue weighted by molar-refractivity contribution is 7.79. The van der Waals surface area contributed by atoms with Crippen LogP contribution < -0.4 is 0 Å². The van der Waals surface area contributed by atoms with E-state index in [4.69, 9.17) is 4.55 Å². The molecule has 0 bridgehead atoms. The lowest BCUT2D eigenvalue weighted by Crippen LogP contribution is -1.99. The van der Waals surface area contributed by atoms with Gasteiger partial charge in [-0.3, -0.25) is 4.68 Å². The lowest BCUT2D eigenvalue weighted by Gasteiger charge is -2.02. The van der Waals surface area contributed by atoms with Gasteiger partial charge in [0.2, 0.25) is 0 Å². The van der Waals surface area contributed by atoms with Crippen LogP contribution in [0, 0.1) is 0 Å². The summed E-state index contributed by atoms with van der Waals surface area (Å²) in [6.07, 6.45) is 2.97. The van der Waals surface area contributed by atoms with Gasteiger partial charge in [-0.25, -0.2) is 4.21 Å². The lowest BCUT2D eigenvalue weighted by atomic mass is 10.4. The maximum Gasteiger partial charge on any atom is 0.189 e. The van der Waals surface area contributed by atoms with Crippen molar-refractivity contribution in [3.63, 3.8) is 0 Å². The van der Waals surface area contributed by atoms with Crippen molar-refractivity contribution in [2.24, 2.45) is 0 Å². The molecule has 1 heterocycles. The second-order valence-corrected chi connectivity index (χ2v) is 3.47. The first-order valence-corrected chi connectivity index (χ1v) is 4.37. The minimum Gasteiger partial charge on any atom is -0.302 e. The predicted molar refractivity (Wildman–Crippen MR) is 41.6 cm³/mol. The molecule has 11 heavy (non-hydrogen) atoms. The van der Waals surface area contributed by atoms with Gasteiger partial charge >= 0.3 is 0 Å². The second-order valence-electron chi connectivity index (χ2n) is 2.50. The maximum atomic E-state index is 10.5. The molecule has 1 aromatic rings. The molecule has 1 aromatic heterocycles. The van der Waals surface area contributed by atoms with Crippen molar-refractivity contribution in [2.45, 2.75) is 24.8 Å². The van der Waals surface area contributed by atoms with Crippen LogP contribution in [0.3, 0.4) is 0 Å². The van der Waals surface area contributed by atoms with E-state index in [-0.39, 0.29) is 6.04 Å². The van der Waals surface area contributed by atoms with Crippen molar-refractivity contribution in [1.82, 2.24) is 9.78 Å². The summed E-state index contributed by atoms with van der Waals surface area (Å²) in [5.74, 6) is 0. The number of hydrogen-bond donors (Lipinski definition) is 1. The smallest absolute Gasteiger partial charge is 0.189 e. The van der Waals surface area contributed by atoms with Crippen LogP contribution in [0.5, 0.6) is 0 Å². The van der Waals surface area contributed by atoms with Crippen molar-refractivity contribution in [1.29, 1.82) is 0 Å². The van der Waals surface area contributed by atoms with E-state index in [1.165, 1.54) is 6.20 Å². The highest BCUT2D eigenvalue weighted by Crippen LogP contribution is 2.07. The van der Waals surface area contributed by atoms with Gasteiger partial charge in [0.05, 0.1) is 6.20 Å². The zero-order valence-electron chi connectivity index (χ0n) is 6.39. The van der Waals surface area contributed by atoms with Gasteiger partial charge in [-0.15, -0.1) is 0 Å². The summed E-state index contributed by atoms with van der Waals surface area (Å²) in [5.41, 5.74) is 0. The van der Waals surface area contributed by atoms with Gasteiger partial charge in [0.1, 0.15) is 4.90 Å². The minimum absolute atomic E-state index is 0.229. The molecule has 4 nitrogen and oxygen atoms in total. The van der Waals surface area contributed by atoms with Gasteiger partial charge in [0.15, 0.2) is 11.1 Å². The predicted octanol–water partition coefficient (Wildman–Crippen LogP) is 1.04. The zero-order chi connectivity index (χ0) is 8.43. The Bertz CT molecular complexity index is 269. The average Bonchev–Trinajstić information content (AvgIpc) is 2.33. The van der Waals surface area contributed by atoms with Crippen LogP contribution in [0.25, 0.3) is 0 Å². The minimum atomic E-state index is -1.91. The van der Waals surface area contributed by atoms with E-state index in [9.17, 15) is 4.21 Å². The Morgan fingerprint density at radius 2 is 2.36 bits per heavy atom. The fourth-order valence-corrected chi connectivity index (χ4v) is 1.03. The molecule has 0 spiro atoms. The molecule has 0 saturated carbocycles. The van der Waals surface area contributed by atoms with Crippen LogP contribution in [-0.2, 0) is 11.1 Å². The van der Waals surface area contributed by atoms with Crippen molar-refractivity contribution < 1.29 is 8.76 Å². The highest BCUT2D eigenvalue weighted by atomic mass is 32.2. The van der Waals surface area contributed by atoms with Gasteiger partial charge in [-0.05, 0) is 13.8 Å². The van der Waals surface area contributed by atoms with Crippen LogP contribution >= 0.6 is 0 Å². The summed E-state index contributed by atoms with van der Waals surface area (Å²) in [4.78, 5) is 0.346. The quantitative estimate of drug-likeness (QED) is 0.682. The van der Waals surface area contributed by atoms with E-state index in [1.807, 2.05) is 13.8 Å². The summed E-state index contributed by atoms with van der Waals surface area (Å²) in [5, 5.41) is 3.90. The molecule has 1 atom stereocenters. The molecule has 1 unspecified atom stereocenters. The molecule has 1 N–H and O–H groups in total. The number of aromatic nitrogens is 2.